The van der Waals surface area contributed by atoms with Gasteiger partial charge in [0.2, 0.25) is 23.6 Å². The van der Waals surface area contributed by atoms with Crippen molar-refractivity contribution in [3.8, 4) is 23.4 Å². The number of nitrogens with one attached hydrogen (secondary N) is 3. The van der Waals surface area contributed by atoms with Gasteiger partial charge in [-0.3, -0.25) is 38.7 Å². The van der Waals surface area contributed by atoms with Crippen LogP contribution >= 0.6 is 0 Å². The lowest BCUT2D eigenvalue weighted by Crippen LogP contribution is -2.27. The van der Waals surface area contributed by atoms with E-state index in [1.165, 1.54) is 52.2 Å². The number of allylic oxidation sites excluding steroid dienone is 2. The molecule has 21 heteroatoms. The van der Waals surface area contributed by atoms with Gasteiger partial charge in [-0.1, -0.05) is 48.5 Å². The fourth-order valence-corrected chi connectivity index (χ4v) is 7.01. The number of fused-ring (bicyclic) bond motifs is 1. The van der Waals surface area contributed by atoms with Gasteiger partial charge in [-0.05, 0) is 75.4 Å². The summed E-state index contributed by atoms with van der Waals surface area (Å²) in [6, 6.07) is 34.3. The number of nitrogens with two attached hydrogens (primary N) is 1. The van der Waals surface area contributed by atoms with E-state index in [-0.39, 0.29) is 41.0 Å². The van der Waals surface area contributed by atoms with E-state index in [1.54, 1.807) is 116 Å². The molecule has 0 saturated carbocycles. The predicted molar refractivity (Wildman–Crippen MR) is 311 cm³/mol. The van der Waals surface area contributed by atoms with Crippen molar-refractivity contribution in [2.45, 2.75) is 48.5 Å². The van der Waals surface area contributed by atoms with Gasteiger partial charge in [0.15, 0.2) is 23.0 Å². The number of ketones is 3. The van der Waals surface area contributed by atoms with Crippen LogP contribution in [0.1, 0.15) is 90.7 Å². The average Bonchev–Trinajstić information content (AvgIpc) is 4.17. The SMILES string of the molecule is CC(=O)Nc1cccc(C(=O)/C=C/N(C)C)c1.CC(=O)Nc1cccc(C(C)=O)c1.CCN(C(C)=O)c1cccc(-c2ccnc3c(C#N)cnn23)c1.CCN(C(C)=O)c1cccc(C(=O)/C=C/N(C)C)c1.N#Cc1cn[nH]c1N. The fourth-order valence-electron chi connectivity index (χ4n) is 7.01. The van der Waals surface area contributed by atoms with Crippen molar-refractivity contribution >= 4 is 75.2 Å². The van der Waals surface area contributed by atoms with Gasteiger partial charge in [0.1, 0.15) is 29.1 Å². The molecule has 0 radical (unpaired) electrons. The molecule has 414 valence electrons. The Labute approximate surface area is 465 Å². The zero-order chi connectivity index (χ0) is 59.5. The number of hydrogen-bond acceptors (Lipinski definition) is 15. The van der Waals surface area contributed by atoms with E-state index in [0.717, 1.165) is 22.6 Å². The van der Waals surface area contributed by atoms with Crippen LogP contribution in [0.3, 0.4) is 0 Å². The smallest absolute Gasteiger partial charge is 0.223 e. The van der Waals surface area contributed by atoms with E-state index >= 15 is 0 Å². The van der Waals surface area contributed by atoms with Crippen molar-refractivity contribution in [2.75, 3.05) is 67.4 Å². The lowest BCUT2D eigenvalue weighted by molar-refractivity contribution is -0.117. The highest BCUT2D eigenvalue weighted by Gasteiger charge is 2.14. The molecule has 0 fully saturated rings. The van der Waals surface area contributed by atoms with E-state index in [1.807, 2.05) is 84.5 Å². The molecule has 0 saturated heterocycles. The minimum absolute atomic E-state index is 0.00428. The molecule has 3 aromatic heterocycles. The largest absolute Gasteiger partial charge is 0.383 e. The van der Waals surface area contributed by atoms with Crippen LogP contribution in [0.4, 0.5) is 28.6 Å². The quantitative estimate of drug-likeness (QED) is 0.0586. The number of nitrogens with zero attached hydrogens (tertiary/aromatic N) is 10. The minimum Gasteiger partial charge on any atom is -0.383 e. The van der Waals surface area contributed by atoms with Gasteiger partial charge in [0, 0.05) is 145 Å². The van der Waals surface area contributed by atoms with E-state index in [4.69, 9.17) is 16.3 Å². The van der Waals surface area contributed by atoms with Crippen LogP contribution < -0.4 is 26.2 Å². The van der Waals surface area contributed by atoms with Crippen LogP contribution in [0, 0.1) is 22.7 Å². The molecule has 0 atom stereocenters. The maximum absolute atomic E-state index is 12.0. The number of hydrogen-bond donors (Lipinski definition) is 4. The Morgan fingerprint density at radius 3 is 1.54 bits per heavy atom. The van der Waals surface area contributed by atoms with Crippen molar-refractivity contribution in [1.82, 2.24) is 34.6 Å². The van der Waals surface area contributed by atoms with E-state index in [0.29, 0.717) is 63.7 Å². The number of nitriles is 2. The maximum atomic E-state index is 12.0. The molecule has 0 aliphatic heterocycles. The second kappa shape index (κ2) is 32.1. The first-order valence-electron chi connectivity index (χ1n) is 24.8. The van der Waals surface area contributed by atoms with Crippen molar-refractivity contribution in [3.63, 3.8) is 0 Å². The molecule has 0 aliphatic rings. The van der Waals surface area contributed by atoms with Gasteiger partial charge < -0.3 is 36.0 Å². The van der Waals surface area contributed by atoms with Crippen LogP contribution in [0.25, 0.3) is 16.9 Å². The standard InChI is InChI=1S/C17H15N5O.C15H20N2O2.C13H16N2O2.C10H11NO2.C4H4N4/c1-3-21(12(2)23)15-6-4-5-13(9-15)16-7-8-19-17-14(10-18)11-20-22(16)17;1-5-17(12(2)18)14-8-6-7-13(11-14)15(19)9-10-16(3)4;1-10(16)14-12-6-4-5-11(9-12)13(17)7-8-15(2)3;1-7(12)9-4-3-5-10(6-9)11-8(2)13;5-1-3-2-7-8-4(3)6/h4-9,11H,3H2,1-2H3;6-11H,5H2,1-4H3;4-9H,1-3H3,(H,14,16);3-6H,1-2H3,(H,11,13);2H,(H3,6,7,8)/b;10-9+;8-7+;;. The molecule has 21 nitrogen and oxygen atoms in total. The molecule has 7 rings (SSSR count). The third-order valence-electron chi connectivity index (χ3n) is 10.7. The number of Topliss-reactive ketones (excluding diaryl/α,β-unsaturated/α-hetero) is 1. The summed E-state index contributed by atoms with van der Waals surface area (Å²) in [5, 5.41) is 32.8. The van der Waals surface area contributed by atoms with Crippen LogP contribution in [0.5, 0.6) is 0 Å². The first-order chi connectivity index (χ1) is 38.0. The van der Waals surface area contributed by atoms with Gasteiger partial charge in [-0.2, -0.15) is 20.7 Å². The summed E-state index contributed by atoms with van der Waals surface area (Å²) in [5.74, 6) is -0.175. The number of carbonyl (C=O) groups excluding carboxylic acids is 7. The Morgan fingerprint density at radius 2 is 1.10 bits per heavy atom. The molecule has 0 unspecified atom stereocenters. The lowest BCUT2D eigenvalue weighted by Gasteiger charge is -2.19. The predicted octanol–water partition coefficient (Wildman–Crippen LogP) is 8.57. The summed E-state index contributed by atoms with van der Waals surface area (Å²) < 4.78 is 1.64. The Bertz CT molecular complexity index is 3430. The van der Waals surface area contributed by atoms with Crippen molar-refractivity contribution in [2.24, 2.45) is 0 Å². The highest BCUT2D eigenvalue weighted by molar-refractivity contribution is 6.06. The van der Waals surface area contributed by atoms with Gasteiger partial charge in [-0.15, -0.1) is 0 Å². The fraction of sp³-hybridized carbons (Fsp3) is 0.220. The molecule has 0 spiro atoms. The number of anilines is 5. The molecule has 4 amide bonds. The van der Waals surface area contributed by atoms with Crippen LogP contribution in [0.2, 0.25) is 0 Å². The molecule has 0 bridgehead atoms. The minimum atomic E-state index is -0.154. The zero-order valence-electron chi connectivity index (χ0n) is 46.7. The molecule has 5 N–H and O–H groups in total. The second-order valence-corrected chi connectivity index (χ2v) is 17.5. The van der Waals surface area contributed by atoms with E-state index < -0.39 is 0 Å². The summed E-state index contributed by atoms with van der Waals surface area (Å²) >= 11 is 0. The third kappa shape index (κ3) is 20.5. The van der Waals surface area contributed by atoms with Crippen LogP contribution in [0.15, 0.2) is 146 Å². The topological polar surface area (TPSA) is 289 Å². The van der Waals surface area contributed by atoms with Crippen LogP contribution in [-0.2, 0) is 19.2 Å². The molecular formula is C59H66N14O7. The van der Waals surface area contributed by atoms with E-state index in [9.17, 15) is 33.6 Å². The molecule has 80 heavy (non-hydrogen) atoms. The Hall–Kier alpha value is -10.5. The monoisotopic (exact) mass is 1080 g/mol. The number of rotatable bonds is 14. The average molecular weight is 1080 g/mol. The highest BCUT2D eigenvalue weighted by Crippen LogP contribution is 2.26. The highest BCUT2D eigenvalue weighted by atomic mass is 16.2. The number of aromatic nitrogens is 5. The number of aromatic amines is 1. The summed E-state index contributed by atoms with van der Waals surface area (Å²) in [4.78, 5) is 90.7. The Kier molecular flexibility index (Phi) is 25.6. The first kappa shape index (κ1) is 63.8. The number of benzene rings is 4. The third-order valence-corrected chi connectivity index (χ3v) is 10.7. The lowest BCUT2D eigenvalue weighted by atomic mass is 10.1. The molecule has 7 aromatic rings. The second-order valence-electron chi connectivity index (χ2n) is 17.5. The number of amides is 4. The normalized spacial score (nSPS) is 10.1. The molecule has 4 aromatic carbocycles. The first-order valence-corrected chi connectivity index (χ1v) is 24.8. The van der Waals surface area contributed by atoms with Gasteiger partial charge in [-0.25, -0.2) is 9.50 Å². The number of carbonyl (C=O) groups is 7. The van der Waals surface area contributed by atoms with Gasteiger partial charge >= 0.3 is 0 Å². The molecule has 3 heterocycles. The van der Waals surface area contributed by atoms with Crippen molar-refractivity contribution in [3.05, 3.63) is 174 Å². The van der Waals surface area contributed by atoms with Crippen molar-refractivity contribution < 1.29 is 33.6 Å². The summed E-state index contributed by atoms with van der Waals surface area (Å²) in [5.41, 5.74) is 12.9. The summed E-state index contributed by atoms with van der Waals surface area (Å²) in [7, 11) is 7.40. The number of H-pyrrole nitrogens is 1. The number of nitrogen functional groups attached to an aromatic ring is 1. The van der Waals surface area contributed by atoms with Gasteiger partial charge in [0.05, 0.1) is 18.1 Å². The Balaban J connectivity index is 0.000000272. The van der Waals surface area contributed by atoms with Crippen molar-refractivity contribution in [1.29, 1.82) is 10.5 Å². The van der Waals surface area contributed by atoms with Gasteiger partial charge in [0.25, 0.3) is 0 Å². The van der Waals surface area contributed by atoms with Crippen LogP contribution in [-0.4, -0.2) is 117 Å². The zero-order valence-corrected chi connectivity index (χ0v) is 46.7. The summed E-state index contributed by atoms with van der Waals surface area (Å²) in [6.07, 6.45) is 10.9. The molecular weight excluding hydrogens is 1020 g/mol. The Morgan fingerprint density at radius 1 is 0.625 bits per heavy atom. The maximum Gasteiger partial charge on any atom is 0.223 e. The van der Waals surface area contributed by atoms with E-state index in [2.05, 4.69) is 37.0 Å². The molecule has 0 aliphatic carbocycles. The summed E-state index contributed by atoms with van der Waals surface area (Å²) in [6.45, 7) is 12.4.